The summed E-state index contributed by atoms with van der Waals surface area (Å²) in [5.74, 6) is -0.146. The third-order valence-electron chi connectivity index (χ3n) is 3.11. The van der Waals surface area contributed by atoms with Crippen molar-refractivity contribution in [1.82, 2.24) is 5.32 Å². The Labute approximate surface area is 130 Å². The molecule has 1 aromatic rings. The second kappa shape index (κ2) is 10.5. The molecule has 0 atom stereocenters. The SMILES string of the molecule is Nc1ccccc1OCCCC(=O)NCCCCCC(=O)O. The van der Waals surface area contributed by atoms with Crippen molar-refractivity contribution in [1.29, 1.82) is 0 Å². The third-order valence-corrected chi connectivity index (χ3v) is 3.11. The van der Waals surface area contributed by atoms with E-state index in [1.807, 2.05) is 12.1 Å². The molecule has 22 heavy (non-hydrogen) atoms. The zero-order valence-electron chi connectivity index (χ0n) is 12.7. The molecule has 6 heteroatoms. The fourth-order valence-electron chi connectivity index (χ4n) is 1.92. The van der Waals surface area contributed by atoms with Crippen molar-refractivity contribution in [3.05, 3.63) is 24.3 Å². The molecule has 0 aromatic heterocycles. The Morgan fingerprint density at radius 2 is 1.86 bits per heavy atom. The smallest absolute Gasteiger partial charge is 0.303 e. The first kappa shape index (κ1) is 17.8. The Kier molecular flexibility index (Phi) is 8.49. The van der Waals surface area contributed by atoms with Gasteiger partial charge in [0.05, 0.1) is 12.3 Å². The summed E-state index contributed by atoms with van der Waals surface area (Å²) in [6.07, 6.45) is 3.48. The molecule has 0 aliphatic rings. The monoisotopic (exact) mass is 308 g/mol. The van der Waals surface area contributed by atoms with E-state index in [4.69, 9.17) is 15.6 Å². The van der Waals surface area contributed by atoms with Crippen LogP contribution in [-0.4, -0.2) is 30.1 Å². The normalized spacial score (nSPS) is 10.2. The van der Waals surface area contributed by atoms with E-state index in [2.05, 4.69) is 5.32 Å². The lowest BCUT2D eigenvalue weighted by atomic mass is 10.2. The van der Waals surface area contributed by atoms with E-state index in [9.17, 15) is 9.59 Å². The van der Waals surface area contributed by atoms with Gasteiger partial charge in [0.25, 0.3) is 0 Å². The number of carboxylic acids is 1. The molecule has 122 valence electrons. The van der Waals surface area contributed by atoms with Crippen LogP contribution in [0.15, 0.2) is 24.3 Å². The number of unbranched alkanes of at least 4 members (excludes halogenated alkanes) is 2. The van der Waals surface area contributed by atoms with Crippen LogP contribution in [0.5, 0.6) is 5.75 Å². The van der Waals surface area contributed by atoms with Gasteiger partial charge in [0, 0.05) is 19.4 Å². The number of nitrogen functional groups attached to an aromatic ring is 1. The number of aliphatic carboxylic acids is 1. The van der Waals surface area contributed by atoms with Crippen LogP contribution >= 0.6 is 0 Å². The average molecular weight is 308 g/mol. The number of ether oxygens (including phenoxy) is 1. The zero-order chi connectivity index (χ0) is 16.2. The fraction of sp³-hybridized carbons (Fsp3) is 0.500. The zero-order valence-corrected chi connectivity index (χ0v) is 12.7. The van der Waals surface area contributed by atoms with Crippen LogP contribution < -0.4 is 15.8 Å². The predicted molar refractivity (Wildman–Crippen MR) is 84.7 cm³/mol. The van der Waals surface area contributed by atoms with E-state index in [1.54, 1.807) is 12.1 Å². The molecule has 0 bridgehead atoms. The third kappa shape index (κ3) is 8.14. The van der Waals surface area contributed by atoms with Gasteiger partial charge in [0.2, 0.25) is 5.91 Å². The van der Waals surface area contributed by atoms with Gasteiger partial charge < -0.3 is 20.9 Å². The van der Waals surface area contributed by atoms with Crippen LogP contribution in [0.3, 0.4) is 0 Å². The van der Waals surface area contributed by atoms with Gasteiger partial charge in [-0.1, -0.05) is 18.6 Å². The van der Waals surface area contributed by atoms with Gasteiger partial charge in [0.1, 0.15) is 5.75 Å². The van der Waals surface area contributed by atoms with Crippen molar-refractivity contribution in [3.8, 4) is 5.75 Å². The molecule has 0 aliphatic carbocycles. The summed E-state index contributed by atoms with van der Waals surface area (Å²) < 4.78 is 5.51. The molecule has 1 amide bonds. The fourth-order valence-corrected chi connectivity index (χ4v) is 1.92. The maximum absolute atomic E-state index is 11.6. The molecule has 4 N–H and O–H groups in total. The number of rotatable bonds is 11. The van der Waals surface area contributed by atoms with E-state index in [0.717, 1.165) is 12.8 Å². The Bertz CT molecular complexity index is 477. The van der Waals surface area contributed by atoms with Crippen molar-refractivity contribution in [2.75, 3.05) is 18.9 Å². The molecule has 0 aliphatic heterocycles. The van der Waals surface area contributed by atoms with Gasteiger partial charge in [-0.15, -0.1) is 0 Å². The van der Waals surface area contributed by atoms with E-state index >= 15 is 0 Å². The van der Waals surface area contributed by atoms with Gasteiger partial charge in [-0.25, -0.2) is 0 Å². The van der Waals surface area contributed by atoms with Crippen molar-refractivity contribution in [2.45, 2.75) is 38.5 Å². The number of benzene rings is 1. The summed E-state index contributed by atoms with van der Waals surface area (Å²) in [6, 6.07) is 7.26. The largest absolute Gasteiger partial charge is 0.491 e. The average Bonchev–Trinajstić information content (AvgIpc) is 2.48. The summed E-state index contributed by atoms with van der Waals surface area (Å²) in [5.41, 5.74) is 6.34. The highest BCUT2D eigenvalue weighted by Gasteiger charge is 2.03. The molecule has 1 aromatic carbocycles. The molecule has 0 saturated carbocycles. The van der Waals surface area contributed by atoms with Crippen LogP contribution in [0, 0.1) is 0 Å². The number of nitrogens with two attached hydrogens (primary N) is 1. The van der Waals surface area contributed by atoms with Gasteiger partial charge in [-0.05, 0) is 31.4 Å². The van der Waals surface area contributed by atoms with Crippen LogP contribution in [0.2, 0.25) is 0 Å². The van der Waals surface area contributed by atoms with E-state index < -0.39 is 5.97 Å². The highest BCUT2D eigenvalue weighted by Crippen LogP contribution is 2.19. The number of amides is 1. The molecule has 0 fully saturated rings. The Morgan fingerprint density at radius 3 is 2.59 bits per heavy atom. The van der Waals surface area contributed by atoms with Crippen molar-refractivity contribution < 1.29 is 19.4 Å². The van der Waals surface area contributed by atoms with E-state index in [0.29, 0.717) is 43.9 Å². The quantitative estimate of drug-likeness (QED) is 0.429. The van der Waals surface area contributed by atoms with Crippen LogP contribution in [-0.2, 0) is 9.59 Å². The van der Waals surface area contributed by atoms with Crippen LogP contribution in [0.4, 0.5) is 5.69 Å². The molecule has 1 rings (SSSR count). The first-order valence-corrected chi connectivity index (χ1v) is 7.55. The lowest BCUT2D eigenvalue weighted by molar-refractivity contribution is -0.137. The van der Waals surface area contributed by atoms with Crippen LogP contribution in [0.1, 0.15) is 38.5 Å². The summed E-state index contributed by atoms with van der Waals surface area (Å²) in [6.45, 7) is 1.03. The Morgan fingerprint density at radius 1 is 1.09 bits per heavy atom. The molecule has 0 unspecified atom stereocenters. The van der Waals surface area contributed by atoms with Crippen molar-refractivity contribution >= 4 is 17.6 Å². The lowest BCUT2D eigenvalue weighted by Gasteiger charge is -2.08. The first-order valence-electron chi connectivity index (χ1n) is 7.55. The topological polar surface area (TPSA) is 102 Å². The van der Waals surface area contributed by atoms with Gasteiger partial charge in [-0.3, -0.25) is 9.59 Å². The van der Waals surface area contributed by atoms with Crippen LogP contribution in [0.25, 0.3) is 0 Å². The molecule has 6 nitrogen and oxygen atoms in total. The second-order valence-corrected chi connectivity index (χ2v) is 5.04. The second-order valence-electron chi connectivity index (χ2n) is 5.04. The van der Waals surface area contributed by atoms with Gasteiger partial charge in [0.15, 0.2) is 0 Å². The summed E-state index contributed by atoms with van der Waals surface area (Å²) >= 11 is 0. The first-order chi connectivity index (χ1) is 10.6. The number of carbonyl (C=O) groups is 2. The molecule has 0 heterocycles. The molecule has 0 radical (unpaired) electrons. The Hall–Kier alpha value is -2.24. The number of para-hydroxylation sites is 2. The summed E-state index contributed by atoms with van der Waals surface area (Å²) in [7, 11) is 0. The van der Waals surface area contributed by atoms with Gasteiger partial charge >= 0.3 is 5.97 Å². The molecule has 0 saturated heterocycles. The number of carbonyl (C=O) groups excluding carboxylic acids is 1. The molecular formula is C16H24N2O4. The van der Waals surface area contributed by atoms with E-state index in [1.165, 1.54) is 0 Å². The predicted octanol–water partition coefficient (Wildman–Crippen LogP) is 2.19. The molecular weight excluding hydrogens is 284 g/mol. The number of hydrogen-bond donors (Lipinski definition) is 3. The summed E-state index contributed by atoms with van der Waals surface area (Å²) in [5, 5.41) is 11.3. The van der Waals surface area contributed by atoms with Crippen molar-refractivity contribution in [2.24, 2.45) is 0 Å². The lowest BCUT2D eigenvalue weighted by Crippen LogP contribution is -2.24. The number of anilines is 1. The number of hydrogen-bond acceptors (Lipinski definition) is 4. The Balaban J connectivity index is 2.00. The van der Waals surface area contributed by atoms with E-state index in [-0.39, 0.29) is 12.3 Å². The number of nitrogens with one attached hydrogen (secondary N) is 1. The summed E-state index contributed by atoms with van der Waals surface area (Å²) in [4.78, 5) is 21.9. The maximum atomic E-state index is 11.6. The number of carboxylic acid groups (broad SMARTS) is 1. The van der Waals surface area contributed by atoms with Gasteiger partial charge in [-0.2, -0.15) is 0 Å². The minimum absolute atomic E-state index is 0.0112. The van der Waals surface area contributed by atoms with Crippen molar-refractivity contribution in [3.63, 3.8) is 0 Å². The minimum atomic E-state index is -0.775. The highest BCUT2D eigenvalue weighted by atomic mass is 16.5. The standard InChI is InChI=1S/C16H24N2O4/c17-13-7-3-4-8-14(13)22-12-6-9-15(19)18-11-5-1-2-10-16(20)21/h3-4,7-8H,1-2,5-6,9-12,17H2,(H,18,19)(H,20,21). The highest BCUT2D eigenvalue weighted by molar-refractivity contribution is 5.75. The minimum Gasteiger partial charge on any atom is -0.491 e. The maximum Gasteiger partial charge on any atom is 0.303 e. The molecule has 0 spiro atoms.